The van der Waals surface area contributed by atoms with Gasteiger partial charge in [0.2, 0.25) is 0 Å². The predicted molar refractivity (Wildman–Crippen MR) is 45.2 cm³/mol. The molecule has 0 radical (unpaired) electrons. The zero-order valence-corrected chi connectivity index (χ0v) is 9.87. The van der Waals surface area contributed by atoms with Crippen molar-refractivity contribution in [3.63, 3.8) is 0 Å². The summed E-state index contributed by atoms with van der Waals surface area (Å²) in [6.07, 6.45) is 0. The molecule has 0 heterocycles. The fraction of sp³-hybridized carbons (Fsp3) is 0. The number of halogens is 1. The van der Waals surface area contributed by atoms with E-state index in [1.165, 1.54) is 0 Å². The third kappa shape index (κ3) is 7.97. The second-order valence-corrected chi connectivity index (χ2v) is 1.92. The van der Waals surface area contributed by atoms with Gasteiger partial charge in [0, 0.05) is 0 Å². The van der Waals surface area contributed by atoms with E-state index in [9.17, 15) is 0 Å². The quantitative estimate of drug-likeness (QED) is 0.580. The molecule has 2 aromatic carbocycles. The molecule has 0 N–H and O–H groups in total. The molecule has 0 aliphatic heterocycles. The Morgan fingerprint density at radius 2 is 0.917 bits per heavy atom. The molecule has 2 rings (SSSR count). The third-order valence-electron chi connectivity index (χ3n) is 1.11. The number of hydrogen-bond donors (Lipinski definition) is 0. The molecular weight excluding hydrogens is 247 g/mol. The van der Waals surface area contributed by atoms with Crippen LogP contribution >= 0.6 is 0 Å². The van der Waals surface area contributed by atoms with Crippen molar-refractivity contribution in [1.82, 2.24) is 0 Å². The van der Waals surface area contributed by atoms with Crippen molar-refractivity contribution >= 4 is 0 Å². The van der Waals surface area contributed by atoms with Gasteiger partial charge in [-0.15, -0.1) is 0 Å². The van der Waals surface area contributed by atoms with E-state index in [2.05, 4.69) is 0 Å². The van der Waals surface area contributed by atoms with Gasteiger partial charge in [0.05, 0.1) is 0 Å². The van der Waals surface area contributed by atoms with E-state index < -0.39 is 0 Å². The molecule has 2 aromatic rings. The molecule has 0 aromatic heterocycles. The van der Waals surface area contributed by atoms with Crippen LogP contribution in [0.1, 0.15) is 1.43 Å². The molecule has 0 nitrogen and oxygen atoms in total. The van der Waals surface area contributed by atoms with Crippen LogP contribution in [0.4, 0.5) is 0 Å². The van der Waals surface area contributed by atoms with Crippen molar-refractivity contribution < 1.29 is 40.0 Å². The molecule has 0 aliphatic carbocycles. The fourth-order valence-electron chi connectivity index (χ4n) is 0.642. The van der Waals surface area contributed by atoms with Crippen molar-refractivity contribution in [3.05, 3.63) is 60.7 Å². The second kappa shape index (κ2) is 10.9. The Bertz CT molecular complexity index is 154. The molecule has 0 aliphatic rings. The van der Waals surface area contributed by atoms with Crippen LogP contribution in [0.15, 0.2) is 60.7 Å². The van der Waals surface area contributed by atoms with Gasteiger partial charge in [0.1, 0.15) is 0 Å². The summed E-state index contributed by atoms with van der Waals surface area (Å²) in [7, 11) is 0. The zero-order chi connectivity index (χ0) is 7.07. The molecule has 0 atom stereocenters. The molecule has 12 heavy (non-hydrogen) atoms. The van der Waals surface area contributed by atoms with E-state index in [4.69, 9.17) is 0 Å². The summed E-state index contributed by atoms with van der Waals surface area (Å²) in [6.45, 7) is 0. The third-order valence-corrected chi connectivity index (χ3v) is 1.11. The maximum Gasteiger partial charge on any atom is 2.00 e. The Morgan fingerprint density at radius 1 is 0.667 bits per heavy atom. The summed E-state index contributed by atoms with van der Waals surface area (Å²) in [5.74, 6) is 0. The predicted octanol–water partition coefficient (Wildman–Crippen LogP) is -0.0750. The first-order valence-electron chi connectivity index (χ1n) is 3.33. The van der Waals surface area contributed by atoms with Crippen LogP contribution in [0.3, 0.4) is 0 Å². The van der Waals surface area contributed by atoms with Crippen LogP contribution in [0, 0.1) is 0 Å². The van der Waals surface area contributed by atoms with E-state index in [0.29, 0.717) is 0 Å². The maximum atomic E-state index is 2.00. The van der Waals surface area contributed by atoms with E-state index in [0.717, 1.165) is 0 Å². The Balaban J connectivity index is -0.000000125. The molecule has 0 fully saturated rings. The molecule has 0 amide bonds. The molecular formula is C10H11ClZr-2. The summed E-state index contributed by atoms with van der Waals surface area (Å²) < 4.78 is 0. The van der Waals surface area contributed by atoms with Crippen molar-refractivity contribution in [2.75, 3.05) is 0 Å². The van der Waals surface area contributed by atoms with Crippen molar-refractivity contribution in [2.45, 2.75) is 0 Å². The summed E-state index contributed by atoms with van der Waals surface area (Å²) in [5.41, 5.74) is 0. The van der Waals surface area contributed by atoms with Gasteiger partial charge in [-0.05, 0) is 0 Å². The van der Waals surface area contributed by atoms with E-state index in [-0.39, 0.29) is 40.0 Å². The van der Waals surface area contributed by atoms with Crippen LogP contribution in [-0.4, -0.2) is 0 Å². The van der Waals surface area contributed by atoms with Gasteiger partial charge in [-0.1, -0.05) is 0 Å². The number of rotatable bonds is 0. The SMILES string of the molecule is [Cl-].[H-].[Zr+2].c1cc[cH-]c1.c1cc[cH-]c1. The minimum atomic E-state index is 0. The average Bonchev–Trinajstić information content (AvgIpc) is 2.67. The molecule has 2 heteroatoms. The average molecular weight is 258 g/mol. The molecule has 64 valence electrons. The standard InChI is InChI=1S/2C5H5.ClH.Zr.H/c2*1-2-4-5-3-1;;;/h2*1-5H;1H;;/q2*-1;;+2;-1/p-1. The van der Waals surface area contributed by atoms with Crippen LogP contribution in [-0.2, 0) is 26.2 Å². The van der Waals surface area contributed by atoms with E-state index in [1.54, 1.807) is 0 Å². The van der Waals surface area contributed by atoms with Gasteiger partial charge in [0.25, 0.3) is 0 Å². The molecule has 0 saturated heterocycles. The Morgan fingerprint density at radius 3 is 1.00 bits per heavy atom. The van der Waals surface area contributed by atoms with Crippen LogP contribution in [0.25, 0.3) is 0 Å². The minimum absolute atomic E-state index is 0. The van der Waals surface area contributed by atoms with Crippen molar-refractivity contribution in [3.8, 4) is 0 Å². The van der Waals surface area contributed by atoms with E-state index >= 15 is 0 Å². The monoisotopic (exact) mass is 256 g/mol. The Labute approximate surface area is 100 Å². The van der Waals surface area contributed by atoms with Gasteiger partial charge >= 0.3 is 26.2 Å². The number of hydrogen-bond acceptors (Lipinski definition) is 0. The minimum Gasteiger partial charge on any atom is -1.00 e. The summed E-state index contributed by atoms with van der Waals surface area (Å²) in [4.78, 5) is 0. The van der Waals surface area contributed by atoms with Gasteiger partial charge in [-0.25, -0.2) is 24.3 Å². The van der Waals surface area contributed by atoms with Crippen molar-refractivity contribution in [1.29, 1.82) is 0 Å². The van der Waals surface area contributed by atoms with Gasteiger partial charge < -0.3 is 13.8 Å². The normalized spacial score (nSPS) is 6.67. The van der Waals surface area contributed by atoms with Crippen molar-refractivity contribution in [2.24, 2.45) is 0 Å². The Hall–Kier alpha value is -0.127. The summed E-state index contributed by atoms with van der Waals surface area (Å²) in [6, 6.07) is 20.0. The topological polar surface area (TPSA) is 0 Å². The molecule has 0 spiro atoms. The molecule has 0 saturated carbocycles. The van der Waals surface area contributed by atoms with Crippen LogP contribution in [0.5, 0.6) is 0 Å². The Kier molecular flexibility index (Phi) is 13.0. The van der Waals surface area contributed by atoms with Crippen LogP contribution < -0.4 is 12.4 Å². The smallest absolute Gasteiger partial charge is 1.00 e. The summed E-state index contributed by atoms with van der Waals surface area (Å²) >= 11 is 0. The molecule has 0 unspecified atom stereocenters. The van der Waals surface area contributed by atoms with Gasteiger partial charge in [-0.2, -0.15) is 36.4 Å². The first-order valence-corrected chi connectivity index (χ1v) is 3.33. The molecule has 0 bridgehead atoms. The first kappa shape index (κ1) is 14.4. The summed E-state index contributed by atoms with van der Waals surface area (Å²) in [5, 5.41) is 0. The fourth-order valence-corrected chi connectivity index (χ4v) is 0.642. The van der Waals surface area contributed by atoms with Gasteiger partial charge in [0.15, 0.2) is 0 Å². The largest absolute Gasteiger partial charge is 2.00 e. The van der Waals surface area contributed by atoms with E-state index in [1.807, 2.05) is 60.7 Å². The van der Waals surface area contributed by atoms with Gasteiger partial charge in [-0.3, -0.25) is 0 Å². The maximum absolute atomic E-state index is 2.00. The van der Waals surface area contributed by atoms with Crippen LogP contribution in [0.2, 0.25) is 0 Å². The second-order valence-electron chi connectivity index (χ2n) is 1.92. The zero-order valence-electron chi connectivity index (χ0n) is 7.65. The first-order chi connectivity index (χ1) is 5.00.